The predicted octanol–water partition coefficient (Wildman–Crippen LogP) is 1.05. The number of carbonyl (C=O) groups excluding carboxylic acids is 2. The first kappa shape index (κ1) is 16.5. The van der Waals surface area contributed by atoms with Gasteiger partial charge in [0.25, 0.3) is 0 Å². The van der Waals surface area contributed by atoms with Gasteiger partial charge >= 0.3 is 5.97 Å². The van der Waals surface area contributed by atoms with E-state index in [9.17, 15) is 14.4 Å². The molecule has 1 atom stereocenters. The van der Waals surface area contributed by atoms with Gasteiger partial charge in [-0.3, -0.25) is 9.59 Å². The van der Waals surface area contributed by atoms with Crippen LogP contribution in [0.3, 0.4) is 0 Å². The number of hydrogen-bond acceptors (Lipinski definition) is 3. The van der Waals surface area contributed by atoms with E-state index in [0.717, 1.165) is 25.7 Å². The SMILES string of the molecule is CC(=O)NCCCCCC(=O)NC(CC1CC1)C(=O)O. The van der Waals surface area contributed by atoms with Crippen LogP contribution in [0, 0.1) is 5.92 Å². The Hall–Kier alpha value is -1.59. The Morgan fingerprint density at radius 1 is 1.20 bits per heavy atom. The van der Waals surface area contributed by atoms with Crippen molar-refractivity contribution in [3.63, 3.8) is 0 Å². The monoisotopic (exact) mass is 284 g/mol. The van der Waals surface area contributed by atoms with Crippen molar-refractivity contribution in [3.05, 3.63) is 0 Å². The maximum Gasteiger partial charge on any atom is 0.326 e. The molecular weight excluding hydrogens is 260 g/mol. The molecule has 0 aliphatic heterocycles. The zero-order chi connectivity index (χ0) is 15.0. The largest absolute Gasteiger partial charge is 0.480 e. The fourth-order valence-electron chi connectivity index (χ4n) is 2.03. The van der Waals surface area contributed by atoms with Gasteiger partial charge in [0.1, 0.15) is 6.04 Å². The molecule has 1 fully saturated rings. The van der Waals surface area contributed by atoms with Crippen molar-refractivity contribution in [1.29, 1.82) is 0 Å². The Labute approximate surface area is 119 Å². The number of hydrogen-bond donors (Lipinski definition) is 3. The van der Waals surface area contributed by atoms with Crippen LogP contribution in [0.5, 0.6) is 0 Å². The second-order valence-corrected chi connectivity index (χ2v) is 5.43. The molecule has 1 rings (SSSR count). The molecule has 0 aromatic heterocycles. The summed E-state index contributed by atoms with van der Waals surface area (Å²) < 4.78 is 0. The van der Waals surface area contributed by atoms with Gasteiger partial charge in [-0.2, -0.15) is 0 Å². The van der Waals surface area contributed by atoms with Crippen molar-refractivity contribution in [1.82, 2.24) is 10.6 Å². The summed E-state index contributed by atoms with van der Waals surface area (Å²) in [7, 11) is 0. The number of aliphatic carboxylic acids is 1. The van der Waals surface area contributed by atoms with E-state index in [1.165, 1.54) is 6.92 Å². The van der Waals surface area contributed by atoms with Crippen LogP contribution in [0.4, 0.5) is 0 Å². The van der Waals surface area contributed by atoms with E-state index in [-0.39, 0.29) is 11.8 Å². The van der Waals surface area contributed by atoms with E-state index >= 15 is 0 Å². The van der Waals surface area contributed by atoms with Crippen molar-refractivity contribution in [2.24, 2.45) is 5.92 Å². The van der Waals surface area contributed by atoms with Crippen LogP contribution in [0.25, 0.3) is 0 Å². The van der Waals surface area contributed by atoms with Crippen LogP contribution in [0.2, 0.25) is 0 Å². The Kier molecular flexibility index (Phi) is 7.04. The lowest BCUT2D eigenvalue weighted by Gasteiger charge is -2.14. The van der Waals surface area contributed by atoms with Gasteiger partial charge in [0.2, 0.25) is 11.8 Å². The molecule has 20 heavy (non-hydrogen) atoms. The summed E-state index contributed by atoms with van der Waals surface area (Å²) in [5, 5.41) is 14.3. The van der Waals surface area contributed by atoms with Gasteiger partial charge in [0, 0.05) is 19.9 Å². The Bertz CT molecular complexity index is 353. The maximum absolute atomic E-state index is 11.7. The van der Waals surface area contributed by atoms with Gasteiger partial charge < -0.3 is 15.7 Å². The molecule has 0 radical (unpaired) electrons. The normalized spacial score (nSPS) is 15.4. The third-order valence-electron chi connectivity index (χ3n) is 3.35. The van der Waals surface area contributed by atoms with Crippen LogP contribution in [-0.2, 0) is 14.4 Å². The highest BCUT2D eigenvalue weighted by atomic mass is 16.4. The second-order valence-electron chi connectivity index (χ2n) is 5.43. The molecule has 0 saturated heterocycles. The smallest absolute Gasteiger partial charge is 0.326 e. The first-order valence-electron chi connectivity index (χ1n) is 7.25. The Morgan fingerprint density at radius 2 is 1.90 bits per heavy atom. The molecule has 1 saturated carbocycles. The van der Waals surface area contributed by atoms with Gasteiger partial charge in [0.15, 0.2) is 0 Å². The third kappa shape index (κ3) is 7.76. The minimum absolute atomic E-state index is 0.0490. The number of amides is 2. The highest BCUT2D eigenvalue weighted by Gasteiger charge is 2.29. The van der Waals surface area contributed by atoms with Gasteiger partial charge in [-0.15, -0.1) is 0 Å². The molecule has 1 unspecified atom stereocenters. The standard InChI is InChI=1S/C14H24N2O4/c1-10(17)15-8-4-2-3-5-13(18)16-12(14(19)20)9-11-6-7-11/h11-12H,2-9H2,1H3,(H,15,17)(H,16,18)(H,19,20). The molecule has 0 aromatic carbocycles. The average molecular weight is 284 g/mol. The molecule has 0 spiro atoms. The molecule has 0 aromatic rings. The summed E-state index contributed by atoms with van der Waals surface area (Å²) in [6.45, 7) is 2.09. The van der Waals surface area contributed by atoms with Crippen molar-refractivity contribution in [3.8, 4) is 0 Å². The summed E-state index contributed by atoms with van der Waals surface area (Å²) in [5.74, 6) is -0.727. The molecule has 0 heterocycles. The van der Waals surface area contributed by atoms with E-state index < -0.39 is 12.0 Å². The molecule has 2 amide bonds. The summed E-state index contributed by atoms with van der Waals surface area (Å²) in [5.41, 5.74) is 0. The quantitative estimate of drug-likeness (QED) is 0.523. The zero-order valence-electron chi connectivity index (χ0n) is 12.0. The second kappa shape index (κ2) is 8.55. The topological polar surface area (TPSA) is 95.5 Å². The van der Waals surface area contributed by atoms with Crippen LogP contribution in [-0.4, -0.2) is 35.5 Å². The van der Waals surface area contributed by atoms with E-state index in [1.807, 2.05) is 0 Å². The predicted molar refractivity (Wildman–Crippen MR) is 74.1 cm³/mol. The number of carbonyl (C=O) groups is 3. The number of rotatable bonds is 10. The molecule has 1 aliphatic carbocycles. The van der Waals surface area contributed by atoms with E-state index in [4.69, 9.17) is 5.11 Å². The van der Waals surface area contributed by atoms with Gasteiger partial charge in [0.05, 0.1) is 0 Å². The van der Waals surface area contributed by atoms with Crippen LogP contribution < -0.4 is 10.6 Å². The highest BCUT2D eigenvalue weighted by molar-refractivity contribution is 5.83. The summed E-state index contributed by atoms with van der Waals surface area (Å²) in [4.78, 5) is 33.3. The van der Waals surface area contributed by atoms with Gasteiger partial charge in [-0.1, -0.05) is 19.3 Å². The Balaban J connectivity index is 2.08. The first-order valence-corrected chi connectivity index (χ1v) is 7.25. The lowest BCUT2D eigenvalue weighted by molar-refractivity contribution is -0.142. The molecule has 114 valence electrons. The number of unbranched alkanes of at least 4 members (excludes halogenated alkanes) is 2. The van der Waals surface area contributed by atoms with Crippen molar-refractivity contribution in [2.45, 2.75) is 57.9 Å². The van der Waals surface area contributed by atoms with Crippen molar-refractivity contribution >= 4 is 17.8 Å². The zero-order valence-corrected chi connectivity index (χ0v) is 12.0. The lowest BCUT2D eigenvalue weighted by atomic mass is 10.1. The first-order chi connectivity index (χ1) is 9.49. The molecule has 0 bridgehead atoms. The number of nitrogens with one attached hydrogen (secondary N) is 2. The Morgan fingerprint density at radius 3 is 2.45 bits per heavy atom. The molecule has 1 aliphatic rings. The molecule has 6 nitrogen and oxygen atoms in total. The van der Waals surface area contributed by atoms with Crippen molar-refractivity contribution < 1.29 is 19.5 Å². The van der Waals surface area contributed by atoms with Crippen LogP contribution in [0.15, 0.2) is 0 Å². The van der Waals surface area contributed by atoms with Crippen LogP contribution in [0.1, 0.15) is 51.9 Å². The minimum Gasteiger partial charge on any atom is -0.480 e. The van der Waals surface area contributed by atoms with E-state index in [1.54, 1.807) is 0 Å². The minimum atomic E-state index is -0.948. The summed E-state index contributed by atoms with van der Waals surface area (Å²) >= 11 is 0. The van der Waals surface area contributed by atoms with Gasteiger partial charge in [-0.05, 0) is 25.2 Å². The fourth-order valence-corrected chi connectivity index (χ4v) is 2.03. The van der Waals surface area contributed by atoms with Gasteiger partial charge in [-0.25, -0.2) is 4.79 Å². The lowest BCUT2D eigenvalue weighted by Crippen LogP contribution is -2.41. The fraction of sp³-hybridized carbons (Fsp3) is 0.786. The highest BCUT2D eigenvalue weighted by Crippen LogP contribution is 2.33. The van der Waals surface area contributed by atoms with E-state index in [2.05, 4.69) is 10.6 Å². The average Bonchev–Trinajstić information content (AvgIpc) is 3.16. The third-order valence-corrected chi connectivity index (χ3v) is 3.35. The van der Waals surface area contributed by atoms with E-state index in [0.29, 0.717) is 31.7 Å². The molecular formula is C14H24N2O4. The molecule has 3 N–H and O–H groups in total. The van der Waals surface area contributed by atoms with Crippen LogP contribution >= 0.6 is 0 Å². The number of carboxylic acid groups (broad SMARTS) is 1. The number of carboxylic acids is 1. The van der Waals surface area contributed by atoms with Crippen molar-refractivity contribution in [2.75, 3.05) is 6.54 Å². The summed E-state index contributed by atoms with van der Waals surface area (Å²) in [6.07, 6.45) is 5.41. The molecule has 6 heteroatoms. The summed E-state index contributed by atoms with van der Waals surface area (Å²) in [6, 6.07) is -0.741. The maximum atomic E-state index is 11.7.